The molecule has 1 aromatic heterocycles. The Balaban J connectivity index is 0.00000147. The van der Waals surface area contributed by atoms with E-state index in [1.165, 1.54) is 19.3 Å². The zero-order valence-electron chi connectivity index (χ0n) is 11.8. The molecular weight excluding hydrogens is 278 g/mol. The zero-order chi connectivity index (χ0) is 13.3. The van der Waals surface area contributed by atoms with E-state index in [2.05, 4.69) is 10.5 Å². The molecule has 0 spiro atoms. The summed E-state index contributed by atoms with van der Waals surface area (Å²) >= 11 is 0. The van der Waals surface area contributed by atoms with Gasteiger partial charge in [-0.25, -0.2) is 0 Å². The Hall–Kier alpha value is -1.07. The first kappa shape index (κ1) is 15.3. The molecule has 1 N–H and O–H groups in total. The van der Waals surface area contributed by atoms with E-state index < -0.39 is 0 Å². The molecular formula is C14H22ClN3O2. The van der Waals surface area contributed by atoms with E-state index in [1.807, 2.05) is 18.0 Å². The lowest BCUT2D eigenvalue weighted by atomic mass is 9.67. The first-order chi connectivity index (χ1) is 9.22. The van der Waals surface area contributed by atoms with E-state index in [0.717, 1.165) is 25.2 Å². The summed E-state index contributed by atoms with van der Waals surface area (Å²) in [5.41, 5.74) is 0.641. The first-order valence-electron chi connectivity index (χ1n) is 7.08. The Morgan fingerprint density at radius 2 is 2.45 bits per heavy atom. The number of nitrogens with zero attached hydrogens (tertiary/aromatic N) is 2. The van der Waals surface area contributed by atoms with Crippen LogP contribution in [0.2, 0.25) is 0 Å². The van der Waals surface area contributed by atoms with Crippen LogP contribution in [0.5, 0.6) is 0 Å². The Morgan fingerprint density at radius 1 is 1.60 bits per heavy atom. The SMILES string of the molecule is CN(Cc1ccon1)C(=O)[C@@]12CCCC[C@H]1CNC2.Cl. The van der Waals surface area contributed by atoms with Crippen molar-refractivity contribution in [2.45, 2.75) is 32.2 Å². The van der Waals surface area contributed by atoms with Crippen LogP contribution in [0, 0.1) is 11.3 Å². The Morgan fingerprint density at radius 3 is 3.20 bits per heavy atom. The average Bonchev–Trinajstić information content (AvgIpc) is 3.06. The number of nitrogens with one attached hydrogen (secondary N) is 1. The maximum absolute atomic E-state index is 12.9. The predicted molar refractivity (Wildman–Crippen MR) is 77.5 cm³/mol. The molecule has 6 heteroatoms. The monoisotopic (exact) mass is 299 g/mol. The summed E-state index contributed by atoms with van der Waals surface area (Å²) in [7, 11) is 1.87. The number of carbonyl (C=O) groups excluding carboxylic acids is 1. The van der Waals surface area contributed by atoms with Crippen LogP contribution in [-0.2, 0) is 11.3 Å². The molecule has 0 unspecified atom stereocenters. The van der Waals surface area contributed by atoms with Crippen molar-refractivity contribution in [3.63, 3.8) is 0 Å². The summed E-state index contributed by atoms with van der Waals surface area (Å²) in [5.74, 6) is 0.777. The van der Waals surface area contributed by atoms with Crippen LogP contribution in [0.4, 0.5) is 0 Å². The Labute approximate surface area is 125 Å². The molecule has 2 atom stereocenters. The number of aromatic nitrogens is 1. The molecule has 1 aliphatic carbocycles. The van der Waals surface area contributed by atoms with Crippen molar-refractivity contribution in [2.75, 3.05) is 20.1 Å². The molecule has 1 amide bonds. The van der Waals surface area contributed by atoms with Gasteiger partial charge in [0.05, 0.1) is 12.0 Å². The third-order valence-corrected chi connectivity index (χ3v) is 4.70. The molecule has 1 aliphatic heterocycles. The van der Waals surface area contributed by atoms with E-state index in [0.29, 0.717) is 12.5 Å². The highest BCUT2D eigenvalue weighted by atomic mass is 35.5. The maximum Gasteiger partial charge on any atom is 0.230 e. The number of carbonyl (C=O) groups is 1. The predicted octanol–water partition coefficient (Wildman–Crippen LogP) is 1.83. The van der Waals surface area contributed by atoms with Crippen molar-refractivity contribution in [2.24, 2.45) is 11.3 Å². The molecule has 2 fully saturated rings. The quantitative estimate of drug-likeness (QED) is 0.925. The number of hydrogen-bond donors (Lipinski definition) is 1. The number of amides is 1. The van der Waals surface area contributed by atoms with Crippen molar-refractivity contribution < 1.29 is 9.32 Å². The molecule has 3 rings (SSSR count). The molecule has 0 radical (unpaired) electrons. The average molecular weight is 300 g/mol. The van der Waals surface area contributed by atoms with Crippen molar-refractivity contribution in [3.05, 3.63) is 18.0 Å². The molecule has 0 bridgehead atoms. The van der Waals surface area contributed by atoms with Gasteiger partial charge in [0.15, 0.2) is 0 Å². The Bertz CT molecular complexity index is 451. The van der Waals surface area contributed by atoms with E-state index >= 15 is 0 Å². The fourth-order valence-electron chi connectivity index (χ4n) is 3.68. The fourth-order valence-corrected chi connectivity index (χ4v) is 3.68. The highest BCUT2D eigenvalue weighted by molar-refractivity contribution is 5.85. The second-order valence-corrected chi connectivity index (χ2v) is 5.88. The van der Waals surface area contributed by atoms with Gasteiger partial charge in [-0.05, 0) is 25.3 Å². The van der Waals surface area contributed by atoms with Gasteiger partial charge in [-0.1, -0.05) is 18.0 Å². The molecule has 0 aromatic carbocycles. The van der Waals surface area contributed by atoms with Gasteiger partial charge in [0.1, 0.15) is 12.0 Å². The lowest BCUT2D eigenvalue weighted by Gasteiger charge is -2.39. The van der Waals surface area contributed by atoms with Gasteiger partial charge in [-0.3, -0.25) is 4.79 Å². The van der Waals surface area contributed by atoms with Gasteiger partial charge in [-0.2, -0.15) is 0 Å². The standard InChI is InChI=1S/C14H21N3O2.ClH/c1-17(9-12-5-7-19-16-12)13(18)14-6-3-2-4-11(14)8-15-10-14;/h5,7,11,15H,2-4,6,8-10H2,1H3;1H/t11-,14+;/m0./s1. The van der Waals surface area contributed by atoms with Crippen LogP contribution in [0.25, 0.3) is 0 Å². The summed E-state index contributed by atoms with van der Waals surface area (Å²) in [4.78, 5) is 14.7. The van der Waals surface area contributed by atoms with E-state index in [4.69, 9.17) is 4.52 Å². The van der Waals surface area contributed by atoms with Crippen LogP contribution in [0.15, 0.2) is 16.9 Å². The fraction of sp³-hybridized carbons (Fsp3) is 0.714. The second-order valence-electron chi connectivity index (χ2n) is 5.88. The number of halogens is 1. The minimum absolute atomic E-state index is 0. The lowest BCUT2D eigenvalue weighted by molar-refractivity contribution is -0.144. The molecule has 20 heavy (non-hydrogen) atoms. The summed E-state index contributed by atoms with van der Waals surface area (Å²) in [6, 6.07) is 1.81. The molecule has 2 heterocycles. The maximum atomic E-state index is 12.9. The minimum Gasteiger partial charge on any atom is -0.364 e. The summed E-state index contributed by atoms with van der Waals surface area (Å²) in [6.45, 7) is 2.35. The number of fused-ring (bicyclic) bond motifs is 1. The van der Waals surface area contributed by atoms with Gasteiger partial charge in [0.2, 0.25) is 5.91 Å². The molecule has 2 aliphatic rings. The normalized spacial score (nSPS) is 28.6. The van der Waals surface area contributed by atoms with Crippen LogP contribution in [0.3, 0.4) is 0 Å². The smallest absolute Gasteiger partial charge is 0.230 e. The Kier molecular flexibility index (Phi) is 4.70. The van der Waals surface area contributed by atoms with Crippen LogP contribution >= 0.6 is 12.4 Å². The van der Waals surface area contributed by atoms with Crippen molar-refractivity contribution in [1.82, 2.24) is 15.4 Å². The molecule has 1 saturated carbocycles. The van der Waals surface area contributed by atoms with Gasteiger partial charge in [0, 0.05) is 19.7 Å². The zero-order valence-corrected chi connectivity index (χ0v) is 12.6. The third-order valence-electron chi connectivity index (χ3n) is 4.70. The van der Waals surface area contributed by atoms with Gasteiger partial charge in [0.25, 0.3) is 0 Å². The lowest BCUT2D eigenvalue weighted by Crippen LogP contribution is -2.48. The van der Waals surface area contributed by atoms with Gasteiger partial charge >= 0.3 is 0 Å². The summed E-state index contributed by atoms with van der Waals surface area (Å²) in [5, 5.41) is 7.30. The highest BCUT2D eigenvalue weighted by Crippen LogP contribution is 2.45. The number of hydrogen-bond acceptors (Lipinski definition) is 4. The van der Waals surface area contributed by atoms with Crippen LogP contribution in [-0.4, -0.2) is 36.1 Å². The van der Waals surface area contributed by atoms with Crippen molar-refractivity contribution >= 4 is 18.3 Å². The first-order valence-corrected chi connectivity index (χ1v) is 7.08. The number of rotatable bonds is 3. The van der Waals surface area contributed by atoms with E-state index in [1.54, 1.807) is 6.26 Å². The molecule has 1 aromatic rings. The van der Waals surface area contributed by atoms with E-state index in [9.17, 15) is 4.79 Å². The minimum atomic E-state index is -0.170. The second kappa shape index (κ2) is 6.14. The van der Waals surface area contributed by atoms with Gasteiger partial charge in [-0.15, -0.1) is 12.4 Å². The molecule has 5 nitrogen and oxygen atoms in total. The van der Waals surface area contributed by atoms with Gasteiger partial charge < -0.3 is 14.7 Å². The van der Waals surface area contributed by atoms with Crippen molar-refractivity contribution in [1.29, 1.82) is 0 Å². The largest absolute Gasteiger partial charge is 0.364 e. The summed E-state index contributed by atoms with van der Waals surface area (Å²) in [6.07, 6.45) is 6.17. The highest BCUT2D eigenvalue weighted by Gasteiger charge is 2.50. The molecule has 1 saturated heterocycles. The topological polar surface area (TPSA) is 58.4 Å². The van der Waals surface area contributed by atoms with Crippen LogP contribution < -0.4 is 5.32 Å². The van der Waals surface area contributed by atoms with E-state index in [-0.39, 0.29) is 23.7 Å². The third kappa shape index (κ3) is 2.56. The van der Waals surface area contributed by atoms with Crippen LogP contribution in [0.1, 0.15) is 31.4 Å². The molecule has 112 valence electrons. The van der Waals surface area contributed by atoms with Crippen molar-refractivity contribution in [3.8, 4) is 0 Å². The summed E-state index contributed by atoms with van der Waals surface area (Å²) < 4.78 is 4.83.